The number of amides is 1. The third-order valence-corrected chi connectivity index (χ3v) is 5.81. The number of likely N-dealkylation sites (tertiary alicyclic amines) is 1. The number of nitrogens with one attached hydrogen (secondary N) is 1. The zero-order chi connectivity index (χ0) is 21.6. The van der Waals surface area contributed by atoms with Gasteiger partial charge in [-0.2, -0.15) is 0 Å². The number of aryl methyl sites for hydroxylation is 1. The Morgan fingerprint density at radius 1 is 0.839 bits per heavy atom. The smallest absolute Gasteiger partial charge is 0.298 e. The summed E-state index contributed by atoms with van der Waals surface area (Å²) in [7, 11) is 0. The zero-order valence-electron chi connectivity index (χ0n) is 18.0. The van der Waals surface area contributed by atoms with Gasteiger partial charge < -0.3 is 9.88 Å². The van der Waals surface area contributed by atoms with Crippen molar-refractivity contribution in [1.29, 1.82) is 0 Å². The van der Waals surface area contributed by atoms with E-state index >= 15 is 0 Å². The van der Waals surface area contributed by atoms with Gasteiger partial charge in [0.15, 0.2) is 0 Å². The van der Waals surface area contributed by atoms with Crippen LogP contribution >= 0.6 is 0 Å². The monoisotopic (exact) mass is 415 g/mol. The number of ketones is 1. The average Bonchev–Trinajstić information content (AvgIpc) is 3.25. The van der Waals surface area contributed by atoms with Crippen molar-refractivity contribution in [3.63, 3.8) is 0 Å². The second kappa shape index (κ2) is 9.75. The third kappa shape index (κ3) is 5.50. The summed E-state index contributed by atoms with van der Waals surface area (Å²) >= 11 is 0. The molecule has 31 heavy (non-hydrogen) atoms. The number of benzene rings is 2. The Morgan fingerprint density at radius 2 is 1.48 bits per heavy atom. The molecule has 3 aromatic rings. The SMILES string of the molecule is Cc1ccc(Cn2cccc2C(=O)C(=O)Nc2ccc(CN3CCCCC3)cc2)cc1. The topological polar surface area (TPSA) is 54.3 Å². The number of rotatable bonds is 7. The van der Waals surface area contributed by atoms with E-state index in [2.05, 4.69) is 10.2 Å². The van der Waals surface area contributed by atoms with Crippen molar-refractivity contribution in [3.05, 3.63) is 89.2 Å². The fourth-order valence-corrected chi connectivity index (χ4v) is 4.02. The van der Waals surface area contributed by atoms with Crippen LogP contribution < -0.4 is 5.32 Å². The molecule has 1 aromatic heterocycles. The first-order chi connectivity index (χ1) is 15.1. The quantitative estimate of drug-likeness (QED) is 0.451. The van der Waals surface area contributed by atoms with Crippen LogP contribution in [0.3, 0.4) is 0 Å². The van der Waals surface area contributed by atoms with Crippen LogP contribution in [0.2, 0.25) is 0 Å². The highest BCUT2D eigenvalue weighted by Gasteiger charge is 2.20. The summed E-state index contributed by atoms with van der Waals surface area (Å²) in [5.41, 5.74) is 4.52. The van der Waals surface area contributed by atoms with Crippen molar-refractivity contribution >= 4 is 17.4 Å². The number of piperidine rings is 1. The number of hydrogen-bond acceptors (Lipinski definition) is 3. The average molecular weight is 416 g/mol. The largest absolute Gasteiger partial charge is 0.340 e. The fourth-order valence-electron chi connectivity index (χ4n) is 4.02. The van der Waals surface area contributed by atoms with Gasteiger partial charge in [0.05, 0.1) is 5.69 Å². The van der Waals surface area contributed by atoms with E-state index in [0.717, 1.165) is 25.2 Å². The Bertz CT molecular complexity index is 1030. The van der Waals surface area contributed by atoms with E-state index in [1.54, 1.807) is 12.1 Å². The lowest BCUT2D eigenvalue weighted by Crippen LogP contribution is -2.29. The van der Waals surface area contributed by atoms with E-state index in [-0.39, 0.29) is 0 Å². The van der Waals surface area contributed by atoms with E-state index in [4.69, 9.17) is 0 Å². The van der Waals surface area contributed by atoms with Crippen LogP contribution in [0.25, 0.3) is 0 Å². The van der Waals surface area contributed by atoms with Crippen LogP contribution in [-0.2, 0) is 17.9 Å². The third-order valence-electron chi connectivity index (χ3n) is 5.81. The van der Waals surface area contributed by atoms with Crippen LogP contribution in [0.15, 0.2) is 66.9 Å². The van der Waals surface area contributed by atoms with Crippen molar-refractivity contribution < 1.29 is 9.59 Å². The van der Waals surface area contributed by atoms with E-state index in [0.29, 0.717) is 17.9 Å². The summed E-state index contributed by atoms with van der Waals surface area (Å²) in [5, 5.41) is 2.74. The number of Topliss-reactive ketones (excluding diaryl/α,β-unsaturated/α-hetero) is 1. The van der Waals surface area contributed by atoms with Crippen molar-refractivity contribution in [1.82, 2.24) is 9.47 Å². The molecule has 1 amide bonds. The van der Waals surface area contributed by atoms with Gasteiger partial charge in [-0.25, -0.2) is 0 Å². The van der Waals surface area contributed by atoms with Gasteiger partial charge in [0.1, 0.15) is 0 Å². The van der Waals surface area contributed by atoms with Crippen molar-refractivity contribution in [3.8, 4) is 0 Å². The zero-order valence-corrected chi connectivity index (χ0v) is 18.0. The first-order valence-electron chi connectivity index (χ1n) is 11.0. The molecule has 1 aliphatic rings. The Kier molecular flexibility index (Phi) is 6.63. The number of nitrogens with zero attached hydrogens (tertiary/aromatic N) is 2. The Balaban J connectivity index is 1.37. The number of carbonyl (C=O) groups excluding carboxylic acids is 2. The number of aromatic nitrogens is 1. The maximum Gasteiger partial charge on any atom is 0.298 e. The first kappa shape index (κ1) is 21.1. The van der Waals surface area contributed by atoms with Gasteiger partial charge in [0, 0.05) is 25.0 Å². The summed E-state index contributed by atoms with van der Waals surface area (Å²) < 4.78 is 1.81. The van der Waals surface area contributed by atoms with Gasteiger partial charge in [0.25, 0.3) is 11.7 Å². The van der Waals surface area contributed by atoms with Crippen molar-refractivity contribution in [2.75, 3.05) is 18.4 Å². The maximum atomic E-state index is 12.8. The highest BCUT2D eigenvalue weighted by molar-refractivity contribution is 6.46. The van der Waals surface area contributed by atoms with Crippen LogP contribution in [0.4, 0.5) is 5.69 Å². The molecule has 1 aliphatic heterocycles. The van der Waals surface area contributed by atoms with Crippen LogP contribution in [0.5, 0.6) is 0 Å². The second-order valence-corrected chi connectivity index (χ2v) is 8.32. The molecule has 0 unspecified atom stereocenters. The molecule has 5 heteroatoms. The lowest BCUT2D eigenvalue weighted by molar-refractivity contribution is -0.112. The maximum absolute atomic E-state index is 12.8. The molecule has 0 radical (unpaired) electrons. The van der Waals surface area contributed by atoms with E-state index < -0.39 is 11.7 Å². The Morgan fingerprint density at radius 3 is 2.19 bits per heavy atom. The minimum absolute atomic E-state index is 0.389. The molecule has 2 aromatic carbocycles. The summed E-state index contributed by atoms with van der Waals surface area (Å²) in [6, 6.07) is 19.4. The number of hydrogen-bond donors (Lipinski definition) is 1. The molecular formula is C26H29N3O2. The van der Waals surface area contributed by atoms with Gasteiger partial charge in [-0.1, -0.05) is 48.4 Å². The molecule has 0 atom stereocenters. The molecule has 1 fully saturated rings. The Labute approximate surface area is 183 Å². The second-order valence-electron chi connectivity index (χ2n) is 8.32. The summed E-state index contributed by atoms with van der Waals surface area (Å²) in [6.45, 7) is 5.82. The summed E-state index contributed by atoms with van der Waals surface area (Å²) in [6.07, 6.45) is 5.68. The molecule has 1 N–H and O–H groups in total. The fraction of sp³-hybridized carbons (Fsp3) is 0.308. The lowest BCUT2D eigenvalue weighted by Gasteiger charge is -2.26. The van der Waals surface area contributed by atoms with Crippen LogP contribution in [-0.4, -0.2) is 34.2 Å². The molecule has 0 bridgehead atoms. The summed E-state index contributed by atoms with van der Waals surface area (Å²) in [5.74, 6) is -1.15. The predicted molar refractivity (Wildman–Crippen MR) is 123 cm³/mol. The minimum atomic E-state index is -0.618. The number of carbonyl (C=O) groups is 2. The number of anilines is 1. The van der Waals surface area contributed by atoms with Crippen molar-refractivity contribution in [2.45, 2.75) is 39.3 Å². The van der Waals surface area contributed by atoms with Gasteiger partial charge >= 0.3 is 0 Å². The lowest BCUT2D eigenvalue weighted by atomic mass is 10.1. The first-order valence-corrected chi connectivity index (χ1v) is 11.0. The highest BCUT2D eigenvalue weighted by Crippen LogP contribution is 2.16. The van der Waals surface area contributed by atoms with Crippen molar-refractivity contribution in [2.24, 2.45) is 0 Å². The van der Waals surface area contributed by atoms with Crippen LogP contribution in [0.1, 0.15) is 46.4 Å². The highest BCUT2D eigenvalue weighted by atomic mass is 16.2. The van der Waals surface area contributed by atoms with E-state index in [1.165, 1.54) is 30.4 Å². The standard InChI is InChI=1S/C26H29N3O2/c1-20-7-9-22(10-8-20)19-29-17-5-6-24(29)25(30)26(31)27-23-13-11-21(12-14-23)18-28-15-3-2-4-16-28/h5-14,17H,2-4,15-16,18-19H2,1H3,(H,27,31). The Hall–Kier alpha value is -3.18. The summed E-state index contributed by atoms with van der Waals surface area (Å²) in [4.78, 5) is 27.8. The van der Waals surface area contributed by atoms with Gasteiger partial charge in [-0.3, -0.25) is 14.5 Å². The molecule has 5 nitrogen and oxygen atoms in total. The minimum Gasteiger partial charge on any atom is -0.340 e. The van der Waals surface area contributed by atoms with E-state index in [9.17, 15) is 9.59 Å². The molecule has 160 valence electrons. The van der Waals surface area contributed by atoms with Gasteiger partial charge in [-0.15, -0.1) is 0 Å². The van der Waals surface area contributed by atoms with Gasteiger partial charge in [0.2, 0.25) is 0 Å². The van der Waals surface area contributed by atoms with Gasteiger partial charge in [-0.05, 0) is 68.2 Å². The normalized spacial score (nSPS) is 14.4. The molecule has 1 saturated heterocycles. The van der Waals surface area contributed by atoms with E-state index in [1.807, 2.05) is 66.2 Å². The predicted octanol–water partition coefficient (Wildman–Crippen LogP) is 4.65. The van der Waals surface area contributed by atoms with Crippen LogP contribution in [0, 0.1) is 6.92 Å². The molecular weight excluding hydrogens is 386 g/mol. The molecule has 0 saturated carbocycles. The molecule has 4 rings (SSSR count). The molecule has 0 spiro atoms. The molecule has 2 heterocycles. The molecule has 0 aliphatic carbocycles.